The fraction of sp³-hybridized carbons (Fsp3) is 0.333. The molecule has 0 radical (unpaired) electrons. The number of methoxy groups -OCH3 is 1. The molecule has 4 rings (SSSR count). The lowest BCUT2D eigenvalue weighted by molar-refractivity contribution is 0.100. The van der Waals surface area contributed by atoms with Crippen LogP contribution in [0.2, 0.25) is 0 Å². The average molecular weight is 463 g/mol. The Balaban J connectivity index is 1.47. The van der Waals surface area contributed by atoms with E-state index in [9.17, 15) is 14.9 Å². The number of nitrogens with zero attached hydrogens (tertiary/aromatic N) is 3. The third-order valence-electron chi connectivity index (χ3n) is 6.26. The molecular weight excluding hydrogens is 436 g/mol. The lowest BCUT2D eigenvalue weighted by Gasteiger charge is -2.39. The highest BCUT2D eigenvalue weighted by molar-refractivity contribution is 6.00. The van der Waals surface area contributed by atoms with E-state index in [-0.39, 0.29) is 23.8 Å². The molecule has 1 aromatic carbocycles. The first-order valence-corrected chi connectivity index (χ1v) is 11.0. The van der Waals surface area contributed by atoms with Crippen LogP contribution in [-0.4, -0.2) is 34.9 Å². The summed E-state index contributed by atoms with van der Waals surface area (Å²) in [5.74, 6) is 0.118. The molecular formula is C24H26N6O4. The predicted molar refractivity (Wildman–Crippen MR) is 125 cm³/mol. The van der Waals surface area contributed by atoms with Crippen LogP contribution >= 0.6 is 0 Å². The zero-order chi connectivity index (χ0) is 24.1. The highest BCUT2D eigenvalue weighted by Crippen LogP contribution is 2.39. The maximum absolute atomic E-state index is 11.9. The number of nitrogens with two attached hydrogens (primary N) is 1. The summed E-state index contributed by atoms with van der Waals surface area (Å²) in [6.07, 6.45) is 5.55. The number of aromatic nitrogens is 2. The fourth-order valence-electron chi connectivity index (χ4n) is 4.38. The largest absolute Gasteiger partial charge is 0.464 e. The fourth-order valence-corrected chi connectivity index (χ4v) is 4.38. The van der Waals surface area contributed by atoms with E-state index in [1.54, 1.807) is 10.9 Å². The highest BCUT2D eigenvalue weighted by Gasteiger charge is 2.39. The smallest absolute Gasteiger partial charge is 0.412 e. The summed E-state index contributed by atoms with van der Waals surface area (Å²) in [6, 6.07) is 14.3. The van der Waals surface area contributed by atoms with Crippen molar-refractivity contribution in [2.24, 2.45) is 5.73 Å². The van der Waals surface area contributed by atoms with Gasteiger partial charge in [-0.15, -0.1) is 0 Å². The van der Waals surface area contributed by atoms with Crippen molar-refractivity contribution in [3.63, 3.8) is 0 Å². The van der Waals surface area contributed by atoms with E-state index in [4.69, 9.17) is 10.2 Å². The Hall–Kier alpha value is -4.26. The van der Waals surface area contributed by atoms with Gasteiger partial charge in [0.05, 0.1) is 31.4 Å². The van der Waals surface area contributed by atoms with Crippen molar-refractivity contribution in [3.8, 4) is 17.4 Å². The van der Waals surface area contributed by atoms with Crippen LogP contribution in [0.1, 0.15) is 42.5 Å². The molecule has 1 aliphatic carbocycles. The second-order valence-electron chi connectivity index (χ2n) is 8.35. The van der Waals surface area contributed by atoms with Gasteiger partial charge < -0.3 is 20.2 Å². The van der Waals surface area contributed by atoms with Crippen molar-refractivity contribution < 1.29 is 18.7 Å². The average Bonchev–Trinajstić information content (AvgIpc) is 3.52. The van der Waals surface area contributed by atoms with Crippen molar-refractivity contribution in [2.45, 2.75) is 43.7 Å². The van der Waals surface area contributed by atoms with Gasteiger partial charge in [0.2, 0.25) is 0 Å². The Morgan fingerprint density at radius 2 is 2.03 bits per heavy atom. The minimum atomic E-state index is -0.756. The number of anilines is 2. The molecule has 0 atom stereocenters. The maximum atomic E-state index is 11.9. The first-order valence-electron chi connectivity index (χ1n) is 11.0. The van der Waals surface area contributed by atoms with E-state index in [0.717, 1.165) is 29.9 Å². The first-order chi connectivity index (χ1) is 16.4. The monoisotopic (exact) mass is 462 g/mol. The Bertz CT molecular complexity index is 1190. The summed E-state index contributed by atoms with van der Waals surface area (Å²) in [7, 11) is 1.21. The highest BCUT2D eigenvalue weighted by atomic mass is 16.5. The molecule has 0 bridgehead atoms. The molecule has 1 aliphatic rings. The van der Waals surface area contributed by atoms with Crippen molar-refractivity contribution >= 4 is 23.5 Å². The van der Waals surface area contributed by atoms with Gasteiger partial charge in [0.15, 0.2) is 5.82 Å². The third-order valence-corrected chi connectivity index (χ3v) is 6.26. The molecule has 3 aromatic rings. The number of hydrogen-bond donors (Lipinski definition) is 3. The number of nitriles is 1. The summed E-state index contributed by atoms with van der Waals surface area (Å²) in [5.41, 5.74) is 6.96. The van der Waals surface area contributed by atoms with Crippen molar-refractivity contribution in [1.82, 2.24) is 9.78 Å². The Kier molecular flexibility index (Phi) is 6.54. The molecule has 0 aliphatic heterocycles. The predicted octanol–water partition coefficient (Wildman–Crippen LogP) is 4.08. The number of furan rings is 1. The molecule has 2 aromatic heterocycles. The van der Waals surface area contributed by atoms with E-state index in [1.165, 1.54) is 13.3 Å². The van der Waals surface area contributed by atoms with Gasteiger partial charge in [-0.3, -0.25) is 14.8 Å². The number of benzene rings is 1. The van der Waals surface area contributed by atoms with Gasteiger partial charge in [0.1, 0.15) is 11.3 Å². The standard InChI is InChI=1S/C24H26N6O4/c1-33-23(32)28-22-19(21(26)31)15-30(29-22)24(12-13-25)10-8-18(9-11-24)27-17-6-4-16(5-7-17)20-3-2-14-34-20/h2-7,14-15,18,27H,8-12H2,1H3,(H2,26,31)(H,28,29,32). The first kappa shape index (κ1) is 22.9. The summed E-state index contributed by atoms with van der Waals surface area (Å²) in [6.45, 7) is 0. The van der Waals surface area contributed by atoms with Gasteiger partial charge in [-0.2, -0.15) is 10.4 Å². The number of carbonyl (C=O) groups excluding carboxylic acids is 2. The van der Waals surface area contributed by atoms with E-state index < -0.39 is 17.5 Å². The Labute approximate surface area is 196 Å². The summed E-state index contributed by atoms with van der Waals surface area (Å²) in [4.78, 5) is 23.6. The molecule has 1 saturated carbocycles. The molecule has 2 heterocycles. The number of hydrogen-bond acceptors (Lipinski definition) is 7. The Morgan fingerprint density at radius 3 is 2.62 bits per heavy atom. The lowest BCUT2D eigenvalue weighted by Crippen LogP contribution is -2.41. The van der Waals surface area contributed by atoms with Gasteiger partial charge in [-0.25, -0.2) is 4.79 Å². The van der Waals surface area contributed by atoms with E-state index in [1.807, 2.05) is 36.4 Å². The molecule has 2 amide bonds. The van der Waals surface area contributed by atoms with Gasteiger partial charge in [-0.1, -0.05) is 0 Å². The van der Waals surface area contributed by atoms with Gasteiger partial charge in [0.25, 0.3) is 5.91 Å². The van der Waals surface area contributed by atoms with E-state index >= 15 is 0 Å². The second kappa shape index (κ2) is 9.70. The van der Waals surface area contributed by atoms with Gasteiger partial charge >= 0.3 is 6.09 Å². The molecule has 176 valence electrons. The van der Waals surface area contributed by atoms with E-state index in [2.05, 4.69) is 26.5 Å². The molecule has 10 nitrogen and oxygen atoms in total. The van der Waals surface area contributed by atoms with E-state index in [0.29, 0.717) is 12.8 Å². The molecule has 34 heavy (non-hydrogen) atoms. The SMILES string of the molecule is COC(=O)Nc1nn(C2(CC#N)CCC(Nc3ccc(-c4ccco4)cc3)CC2)cc1C(N)=O. The van der Waals surface area contributed by atoms with Crippen LogP contribution in [0.15, 0.2) is 53.3 Å². The van der Waals surface area contributed by atoms with Crippen molar-refractivity contribution in [2.75, 3.05) is 17.7 Å². The minimum Gasteiger partial charge on any atom is -0.464 e. The molecule has 1 fully saturated rings. The minimum absolute atomic E-state index is 0.0218. The lowest BCUT2D eigenvalue weighted by atomic mass is 9.77. The van der Waals surface area contributed by atoms with Gasteiger partial charge in [0, 0.05) is 23.5 Å². The van der Waals surface area contributed by atoms with Crippen LogP contribution in [0, 0.1) is 11.3 Å². The van der Waals surface area contributed by atoms with Crippen LogP contribution < -0.4 is 16.4 Å². The zero-order valence-corrected chi connectivity index (χ0v) is 18.8. The normalized spacial score (nSPS) is 19.7. The summed E-state index contributed by atoms with van der Waals surface area (Å²) >= 11 is 0. The number of carbonyl (C=O) groups is 2. The summed E-state index contributed by atoms with van der Waals surface area (Å²) < 4.78 is 11.6. The topological polar surface area (TPSA) is 148 Å². The van der Waals surface area contributed by atoms with Crippen LogP contribution in [-0.2, 0) is 10.3 Å². The number of rotatable bonds is 7. The van der Waals surface area contributed by atoms with Crippen LogP contribution in [0.25, 0.3) is 11.3 Å². The summed E-state index contributed by atoms with van der Waals surface area (Å²) in [5, 5.41) is 19.9. The molecule has 0 saturated heterocycles. The number of ether oxygens (including phenoxy) is 1. The molecule has 10 heteroatoms. The maximum Gasteiger partial charge on any atom is 0.412 e. The number of nitrogens with one attached hydrogen (secondary N) is 2. The molecule has 0 unspecified atom stereocenters. The molecule has 0 spiro atoms. The Morgan fingerprint density at radius 1 is 1.29 bits per heavy atom. The van der Waals surface area contributed by atoms with Gasteiger partial charge in [-0.05, 0) is 62.1 Å². The van der Waals surface area contributed by atoms with Crippen LogP contribution in [0.4, 0.5) is 16.3 Å². The second-order valence-corrected chi connectivity index (χ2v) is 8.35. The van der Waals surface area contributed by atoms with Crippen molar-refractivity contribution in [3.05, 3.63) is 54.4 Å². The van der Waals surface area contributed by atoms with Crippen LogP contribution in [0.5, 0.6) is 0 Å². The van der Waals surface area contributed by atoms with Crippen LogP contribution in [0.3, 0.4) is 0 Å². The number of primary amides is 1. The zero-order valence-electron chi connectivity index (χ0n) is 18.8. The quantitative estimate of drug-likeness (QED) is 0.479. The molecule has 4 N–H and O–H groups in total. The third kappa shape index (κ3) is 4.73. The van der Waals surface area contributed by atoms with Crippen molar-refractivity contribution in [1.29, 1.82) is 5.26 Å². The number of amides is 2.